The van der Waals surface area contributed by atoms with E-state index in [-0.39, 0.29) is 6.03 Å². The summed E-state index contributed by atoms with van der Waals surface area (Å²) in [5, 5.41) is 8.69. The molecule has 2 aliphatic heterocycles. The lowest BCUT2D eigenvalue weighted by Crippen LogP contribution is -2.34. The molecule has 29 heavy (non-hydrogen) atoms. The van der Waals surface area contributed by atoms with Gasteiger partial charge < -0.3 is 25.6 Å². The van der Waals surface area contributed by atoms with Crippen LogP contribution in [0.3, 0.4) is 0 Å². The van der Waals surface area contributed by atoms with Crippen LogP contribution in [0.4, 0.5) is 22.2 Å². The minimum absolute atomic E-state index is 0.176. The molecule has 0 unspecified atom stereocenters. The van der Waals surface area contributed by atoms with E-state index in [2.05, 4.69) is 30.9 Å². The lowest BCUT2D eigenvalue weighted by molar-refractivity contribution is 0.251. The number of nitrogens with one attached hydrogen (secondary N) is 3. The number of nitrogens with zero attached hydrogens (tertiary/aromatic N) is 4. The van der Waals surface area contributed by atoms with E-state index < -0.39 is 0 Å². The quantitative estimate of drug-likeness (QED) is 0.723. The number of amidine groups is 1. The lowest BCUT2D eigenvalue weighted by Gasteiger charge is -2.26. The Hall–Kier alpha value is -3.62. The maximum absolute atomic E-state index is 11.9. The van der Waals surface area contributed by atoms with Gasteiger partial charge in [-0.3, -0.25) is 4.99 Å². The van der Waals surface area contributed by atoms with Crippen LogP contribution in [-0.2, 0) is 0 Å². The topological polar surface area (TPSA) is 104 Å². The van der Waals surface area contributed by atoms with Gasteiger partial charge in [0.15, 0.2) is 11.6 Å². The van der Waals surface area contributed by atoms with Crippen molar-refractivity contribution in [3.63, 3.8) is 0 Å². The van der Waals surface area contributed by atoms with Crippen molar-refractivity contribution in [2.24, 2.45) is 4.99 Å². The van der Waals surface area contributed by atoms with Gasteiger partial charge in [0.05, 0.1) is 6.54 Å². The number of aliphatic imine (C=N–C) groups is 1. The molecule has 5 rings (SSSR count). The fraction of sp³-hybridized carbons (Fsp3) is 0.300. The molecular weight excluding hydrogens is 370 g/mol. The Balaban J connectivity index is 1.33. The van der Waals surface area contributed by atoms with Crippen LogP contribution in [-0.4, -0.2) is 48.0 Å². The molecule has 1 aliphatic carbocycles. The van der Waals surface area contributed by atoms with Crippen molar-refractivity contribution < 1.29 is 9.53 Å². The first-order chi connectivity index (χ1) is 14.2. The first-order valence-electron chi connectivity index (χ1n) is 9.64. The van der Waals surface area contributed by atoms with E-state index in [9.17, 15) is 4.79 Å². The fourth-order valence-electron chi connectivity index (χ4n) is 3.28. The number of hydrogen-bond donors (Lipinski definition) is 3. The number of carbonyl (C=O) groups is 1. The predicted molar refractivity (Wildman–Crippen MR) is 111 cm³/mol. The van der Waals surface area contributed by atoms with Gasteiger partial charge in [-0.1, -0.05) is 0 Å². The smallest absolute Gasteiger partial charge is 0.319 e. The van der Waals surface area contributed by atoms with Crippen molar-refractivity contribution >= 4 is 35.4 Å². The summed E-state index contributed by atoms with van der Waals surface area (Å²) in [6.45, 7) is 1.44. The van der Waals surface area contributed by atoms with Crippen LogP contribution in [0.25, 0.3) is 6.08 Å². The second-order valence-electron chi connectivity index (χ2n) is 7.09. The molecule has 3 heterocycles. The van der Waals surface area contributed by atoms with E-state index in [1.807, 2.05) is 35.2 Å². The Morgan fingerprint density at radius 1 is 1.24 bits per heavy atom. The third kappa shape index (κ3) is 3.58. The molecule has 0 saturated heterocycles. The molecule has 2 aromatic rings. The zero-order chi connectivity index (χ0) is 19.8. The van der Waals surface area contributed by atoms with Gasteiger partial charge in [0.2, 0.25) is 5.95 Å². The Kier molecular flexibility index (Phi) is 4.27. The molecule has 1 aromatic heterocycles. The fourth-order valence-corrected chi connectivity index (χ4v) is 3.28. The van der Waals surface area contributed by atoms with E-state index in [0.29, 0.717) is 35.7 Å². The van der Waals surface area contributed by atoms with Crippen LogP contribution in [0.15, 0.2) is 41.2 Å². The predicted octanol–water partition coefficient (Wildman–Crippen LogP) is 2.45. The maximum atomic E-state index is 11.9. The van der Waals surface area contributed by atoms with Gasteiger partial charge in [0, 0.05) is 37.1 Å². The van der Waals surface area contributed by atoms with Crippen molar-refractivity contribution in [1.29, 1.82) is 0 Å². The summed E-state index contributed by atoms with van der Waals surface area (Å²) in [6, 6.07) is 7.42. The highest BCUT2D eigenvalue weighted by Gasteiger charge is 2.31. The SMILES string of the molecule is CNc1ncc2c(n1)N1CCN=C1C(Oc1ccc(NC(=O)NC3CC3)cc1)=C2. The van der Waals surface area contributed by atoms with Crippen molar-refractivity contribution in [1.82, 2.24) is 15.3 Å². The summed E-state index contributed by atoms with van der Waals surface area (Å²) < 4.78 is 6.11. The standard InChI is InChI=1S/C20H21N7O2/c1-21-19-23-11-12-10-16(18-22-8-9-27(18)17(12)26-19)29-15-6-4-14(5-7-15)25-20(28)24-13-2-3-13/h4-7,10-11,13H,2-3,8-9H2,1H3,(H,21,23,26)(H2,24,25,28). The molecule has 9 heteroatoms. The number of aromatic nitrogens is 2. The third-order valence-corrected chi connectivity index (χ3v) is 4.88. The number of rotatable bonds is 5. The molecule has 9 nitrogen and oxygen atoms in total. The van der Waals surface area contributed by atoms with E-state index in [1.165, 1.54) is 0 Å². The van der Waals surface area contributed by atoms with Crippen molar-refractivity contribution in [3.05, 3.63) is 41.8 Å². The molecule has 3 N–H and O–H groups in total. The maximum Gasteiger partial charge on any atom is 0.319 e. The first kappa shape index (κ1) is 17.5. The van der Waals surface area contributed by atoms with Crippen LogP contribution >= 0.6 is 0 Å². The van der Waals surface area contributed by atoms with E-state index in [0.717, 1.165) is 36.6 Å². The second-order valence-corrected chi connectivity index (χ2v) is 7.09. The molecular formula is C20H21N7O2. The average Bonchev–Trinajstić information content (AvgIpc) is 3.39. The number of carbonyl (C=O) groups excluding carboxylic acids is 1. The number of amides is 2. The molecule has 0 atom stereocenters. The van der Waals surface area contributed by atoms with Crippen LogP contribution in [0, 0.1) is 0 Å². The molecule has 1 saturated carbocycles. The Labute approximate surface area is 167 Å². The highest BCUT2D eigenvalue weighted by Crippen LogP contribution is 2.32. The van der Waals surface area contributed by atoms with Crippen molar-refractivity contribution in [2.45, 2.75) is 18.9 Å². The van der Waals surface area contributed by atoms with Gasteiger partial charge in [0.25, 0.3) is 0 Å². The van der Waals surface area contributed by atoms with Gasteiger partial charge in [-0.25, -0.2) is 9.78 Å². The summed E-state index contributed by atoms with van der Waals surface area (Å²) in [7, 11) is 1.79. The lowest BCUT2D eigenvalue weighted by atomic mass is 10.1. The summed E-state index contributed by atoms with van der Waals surface area (Å²) in [6.07, 6.45) is 5.80. The molecule has 0 radical (unpaired) electrons. The Bertz CT molecular complexity index is 1010. The molecule has 3 aliphatic rings. The normalized spacial score (nSPS) is 16.9. The third-order valence-electron chi connectivity index (χ3n) is 4.88. The zero-order valence-electron chi connectivity index (χ0n) is 16.0. The molecule has 0 bridgehead atoms. The number of anilines is 3. The zero-order valence-corrected chi connectivity index (χ0v) is 16.0. The summed E-state index contributed by atoms with van der Waals surface area (Å²) in [4.78, 5) is 27.3. The van der Waals surface area contributed by atoms with Crippen LogP contribution in [0.1, 0.15) is 18.4 Å². The van der Waals surface area contributed by atoms with Crippen LogP contribution in [0.5, 0.6) is 5.75 Å². The summed E-state index contributed by atoms with van der Waals surface area (Å²) >= 11 is 0. The molecule has 1 aromatic carbocycles. The number of fused-ring (bicyclic) bond motifs is 3. The van der Waals surface area contributed by atoms with Gasteiger partial charge in [-0.2, -0.15) is 4.98 Å². The van der Waals surface area contributed by atoms with Gasteiger partial charge >= 0.3 is 6.03 Å². The number of hydrogen-bond acceptors (Lipinski definition) is 7. The van der Waals surface area contributed by atoms with Crippen LogP contribution in [0.2, 0.25) is 0 Å². The van der Waals surface area contributed by atoms with Crippen molar-refractivity contribution in [3.8, 4) is 5.75 Å². The molecule has 0 spiro atoms. The molecule has 2 amide bonds. The minimum atomic E-state index is -0.176. The van der Waals surface area contributed by atoms with Crippen LogP contribution < -0.4 is 25.6 Å². The molecule has 1 fully saturated rings. The Morgan fingerprint density at radius 2 is 2.07 bits per heavy atom. The average molecular weight is 391 g/mol. The largest absolute Gasteiger partial charge is 0.453 e. The number of urea groups is 1. The van der Waals surface area contributed by atoms with E-state index >= 15 is 0 Å². The van der Waals surface area contributed by atoms with E-state index in [1.54, 1.807) is 13.2 Å². The summed E-state index contributed by atoms with van der Waals surface area (Å²) in [5.74, 6) is 3.48. The van der Waals surface area contributed by atoms with E-state index in [4.69, 9.17) is 4.74 Å². The Morgan fingerprint density at radius 3 is 2.83 bits per heavy atom. The second kappa shape index (κ2) is 7.08. The molecule has 148 valence electrons. The van der Waals surface area contributed by atoms with Gasteiger partial charge in [-0.05, 0) is 43.2 Å². The number of ether oxygens (including phenoxy) is 1. The van der Waals surface area contributed by atoms with Crippen molar-refractivity contribution in [2.75, 3.05) is 35.7 Å². The number of benzene rings is 1. The van der Waals surface area contributed by atoms with Gasteiger partial charge in [-0.15, -0.1) is 0 Å². The van der Waals surface area contributed by atoms with Gasteiger partial charge in [0.1, 0.15) is 11.6 Å². The minimum Gasteiger partial charge on any atom is -0.453 e. The monoisotopic (exact) mass is 391 g/mol. The first-order valence-corrected chi connectivity index (χ1v) is 9.64. The highest BCUT2D eigenvalue weighted by atomic mass is 16.5. The summed E-state index contributed by atoms with van der Waals surface area (Å²) in [5.41, 5.74) is 1.60. The highest BCUT2D eigenvalue weighted by molar-refractivity contribution is 6.15.